The van der Waals surface area contributed by atoms with E-state index in [9.17, 15) is 14.4 Å². The quantitative estimate of drug-likeness (QED) is 0.306. The Labute approximate surface area is 165 Å². The standard InChI is InChI=1S/C22H40O5/c1-18(2)17-21(24)9-5-6-13-26-15-16-27-14-8-11-20(23)10-7-12-22(25)19(3)4/h18-19H,5-17H2,1-4H3. The highest BCUT2D eigenvalue weighted by Crippen LogP contribution is 2.07. The van der Waals surface area contributed by atoms with Crippen molar-refractivity contribution in [3.05, 3.63) is 0 Å². The van der Waals surface area contributed by atoms with E-state index in [1.807, 2.05) is 13.8 Å². The van der Waals surface area contributed by atoms with Gasteiger partial charge in [-0.2, -0.15) is 0 Å². The molecule has 0 radical (unpaired) electrons. The summed E-state index contributed by atoms with van der Waals surface area (Å²) in [5.41, 5.74) is 0. The van der Waals surface area contributed by atoms with Crippen molar-refractivity contribution in [2.45, 2.75) is 85.5 Å². The van der Waals surface area contributed by atoms with E-state index in [-0.39, 0.29) is 17.5 Å². The number of carbonyl (C=O) groups excluding carboxylic acids is 3. The Morgan fingerprint density at radius 2 is 1.19 bits per heavy atom. The molecular formula is C22H40O5. The molecule has 0 atom stereocenters. The molecule has 5 heteroatoms. The summed E-state index contributed by atoms with van der Waals surface area (Å²) in [7, 11) is 0. The predicted octanol–water partition coefficient (Wildman–Crippen LogP) is 4.55. The van der Waals surface area contributed by atoms with Crippen LogP contribution in [0.25, 0.3) is 0 Å². The molecule has 0 aromatic carbocycles. The summed E-state index contributed by atoms with van der Waals surface area (Å²) in [5, 5.41) is 0. The van der Waals surface area contributed by atoms with Gasteiger partial charge in [-0.15, -0.1) is 0 Å². The maximum Gasteiger partial charge on any atom is 0.135 e. The topological polar surface area (TPSA) is 69.7 Å². The van der Waals surface area contributed by atoms with Gasteiger partial charge in [-0.05, 0) is 31.6 Å². The Balaban J connectivity index is 3.32. The minimum Gasteiger partial charge on any atom is -0.379 e. The van der Waals surface area contributed by atoms with E-state index in [1.165, 1.54) is 0 Å². The summed E-state index contributed by atoms with van der Waals surface area (Å²) in [6, 6.07) is 0. The predicted molar refractivity (Wildman–Crippen MR) is 108 cm³/mol. The van der Waals surface area contributed by atoms with Crippen LogP contribution in [-0.2, 0) is 23.9 Å². The smallest absolute Gasteiger partial charge is 0.135 e. The van der Waals surface area contributed by atoms with Crippen LogP contribution >= 0.6 is 0 Å². The summed E-state index contributed by atoms with van der Waals surface area (Å²) in [5.74, 6) is 1.28. The lowest BCUT2D eigenvalue weighted by atomic mass is 10.0. The minimum absolute atomic E-state index is 0.0584. The fraction of sp³-hybridized carbons (Fsp3) is 0.864. The maximum atomic E-state index is 11.7. The molecule has 0 rings (SSSR count). The van der Waals surface area contributed by atoms with Gasteiger partial charge in [-0.3, -0.25) is 14.4 Å². The molecule has 0 amide bonds. The van der Waals surface area contributed by atoms with E-state index in [4.69, 9.17) is 9.47 Å². The molecule has 0 fully saturated rings. The third-order valence-corrected chi connectivity index (χ3v) is 4.27. The van der Waals surface area contributed by atoms with Crippen molar-refractivity contribution < 1.29 is 23.9 Å². The summed E-state index contributed by atoms with van der Waals surface area (Å²) >= 11 is 0. The zero-order chi connectivity index (χ0) is 20.5. The second-order valence-corrected chi connectivity index (χ2v) is 7.94. The Hall–Kier alpha value is -1.07. The SMILES string of the molecule is CC(C)CC(=O)CCCCOCCOCCCC(=O)CCCC(=O)C(C)C. The Kier molecular flexibility index (Phi) is 16.4. The summed E-state index contributed by atoms with van der Waals surface area (Å²) in [4.78, 5) is 34.8. The zero-order valence-corrected chi connectivity index (χ0v) is 17.9. The van der Waals surface area contributed by atoms with Crippen molar-refractivity contribution in [2.75, 3.05) is 26.4 Å². The molecule has 0 unspecified atom stereocenters. The number of carbonyl (C=O) groups is 3. The molecule has 0 aliphatic carbocycles. The van der Waals surface area contributed by atoms with Crippen LogP contribution in [0.3, 0.4) is 0 Å². The average Bonchev–Trinajstić information content (AvgIpc) is 2.58. The molecule has 0 bridgehead atoms. The molecule has 158 valence electrons. The Morgan fingerprint density at radius 3 is 1.78 bits per heavy atom. The number of rotatable bonds is 19. The van der Waals surface area contributed by atoms with E-state index in [0.717, 1.165) is 19.3 Å². The monoisotopic (exact) mass is 384 g/mol. The highest BCUT2D eigenvalue weighted by Gasteiger charge is 2.08. The van der Waals surface area contributed by atoms with E-state index in [2.05, 4.69) is 13.8 Å². The zero-order valence-electron chi connectivity index (χ0n) is 17.9. The largest absolute Gasteiger partial charge is 0.379 e. The van der Waals surface area contributed by atoms with Gasteiger partial charge in [0.15, 0.2) is 0 Å². The molecule has 0 saturated carbocycles. The van der Waals surface area contributed by atoms with Crippen molar-refractivity contribution in [1.29, 1.82) is 0 Å². The van der Waals surface area contributed by atoms with Gasteiger partial charge in [-0.1, -0.05) is 27.7 Å². The van der Waals surface area contributed by atoms with Gasteiger partial charge in [0.05, 0.1) is 13.2 Å². The maximum absolute atomic E-state index is 11.7. The third kappa shape index (κ3) is 18.1. The van der Waals surface area contributed by atoms with Gasteiger partial charge in [-0.25, -0.2) is 0 Å². The lowest BCUT2D eigenvalue weighted by Crippen LogP contribution is -2.09. The molecule has 0 saturated heterocycles. The second kappa shape index (κ2) is 17.1. The summed E-state index contributed by atoms with van der Waals surface area (Å²) in [6.07, 6.45) is 5.99. The molecular weight excluding hydrogens is 344 g/mol. The van der Waals surface area contributed by atoms with Gasteiger partial charge < -0.3 is 9.47 Å². The lowest BCUT2D eigenvalue weighted by Gasteiger charge is -2.07. The van der Waals surface area contributed by atoms with Crippen LogP contribution in [0.1, 0.15) is 85.5 Å². The third-order valence-electron chi connectivity index (χ3n) is 4.27. The molecule has 0 aliphatic rings. The first-order chi connectivity index (χ1) is 12.8. The molecule has 0 spiro atoms. The lowest BCUT2D eigenvalue weighted by molar-refractivity contribution is -0.122. The van der Waals surface area contributed by atoms with Gasteiger partial charge in [0, 0.05) is 51.2 Å². The van der Waals surface area contributed by atoms with Gasteiger partial charge in [0.2, 0.25) is 0 Å². The van der Waals surface area contributed by atoms with Gasteiger partial charge in [0.1, 0.15) is 17.3 Å². The fourth-order valence-electron chi connectivity index (χ4n) is 2.65. The molecule has 0 heterocycles. The number of ketones is 3. The van der Waals surface area contributed by atoms with Gasteiger partial charge >= 0.3 is 0 Å². The van der Waals surface area contributed by atoms with Crippen molar-refractivity contribution in [3.63, 3.8) is 0 Å². The van der Waals surface area contributed by atoms with Crippen LogP contribution < -0.4 is 0 Å². The number of unbranched alkanes of at least 4 members (excludes halogenated alkanes) is 1. The number of hydrogen-bond acceptors (Lipinski definition) is 5. The normalized spacial score (nSPS) is 11.3. The molecule has 0 aliphatic heterocycles. The van der Waals surface area contributed by atoms with Crippen molar-refractivity contribution in [2.24, 2.45) is 11.8 Å². The van der Waals surface area contributed by atoms with E-state index < -0.39 is 0 Å². The molecule has 0 aromatic rings. The van der Waals surface area contributed by atoms with Crippen LogP contribution in [0, 0.1) is 11.8 Å². The van der Waals surface area contributed by atoms with Crippen LogP contribution in [-0.4, -0.2) is 43.8 Å². The number of ether oxygens (including phenoxy) is 2. The van der Waals surface area contributed by atoms with Gasteiger partial charge in [0.25, 0.3) is 0 Å². The van der Waals surface area contributed by atoms with Crippen LogP contribution in [0.15, 0.2) is 0 Å². The fourth-order valence-corrected chi connectivity index (χ4v) is 2.65. The highest BCUT2D eigenvalue weighted by atomic mass is 16.5. The van der Waals surface area contributed by atoms with Crippen LogP contribution in [0.2, 0.25) is 0 Å². The van der Waals surface area contributed by atoms with E-state index in [0.29, 0.717) is 76.7 Å². The number of hydrogen-bond donors (Lipinski definition) is 0. The first kappa shape index (κ1) is 25.9. The first-order valence-corrected chi connectivity index (χ1v) is 10.5. The first-order valence-electron chi connectivity index (χ1n) is 10.5. The highest BCUT2D eigenvalue weighted by molar-refractivity contribution is 5.82. The summed E-state index contributed by atoms with van der Waals surface area (Å²) in [6.45, 7) is 10.2. The van der Waals surface area contributed by atoms with Crippen molar-refractivity contribution in [3.8, 4) is 0 Å². The Bertz CT molecular complexity index is 415. The molecule has 27 heavy (non-hydrogen) atoms. The molecule has 5 nitrogen and oxygen atoms in total. The van der Waals surface area contributed by atoms with E-state index in [1.54, 1.807) is 0 Å². The van der Waals surface area contributed by atoms with Crippen molar-refractivity contribution in [1.82, 2.24) is 0 Å². The van der Waals surface area contributed by atoms with E-state index >= 15 is 0 Å². The minimum atomic E-state index is 0.0584. The van der Waals surface area contributed by atoms with Crippen molar-refractivity contribution >= 4 is 17.3 Å². The molecule has 0 N–H and O–H groups in total. The Morgan fingerprint density at radius 1 is 0.630 bits per heavy atom. The molecule has 0 aromatic heterocycles. The number of Topliss-reactive ketones (excluding diaryl/α,β-unsaturated/α-hetero) is 3. The average molecular weight is 385 g/mol. The second-order valence-electron chi connectivity index (χ2n) is 7.94. The van der Waals surface area contributed by atoms with Crippen LogP contribution in [0.4, 0.5) is 0 Å². The summed E-state index contributed by atoms with van der Waals surface area (Å²) < 4.78 is 10.9. The van der Waals surface area contributed by atoms with Crippen LogP contribution in [0.5, 0.6) is 0 Å².